The van der Waals surface area contributed by atoms with Crippen LogP contribution in [-0.2, 0) is 4.74 Å². The monoisotopic (exact) mass is 422 g/mol. The fourth-order valence-corrected chi connectivity index (χ4v) is 4.04. The number of pyridine rings is 1. The average molecular weight is 422 g/mol. The molecule has 0 spiro atoms. The molecule has 5 rings (SSSR count). The molecule has 2 aliphatic heterocycles. The summed E-state index contributed by atoms with van der Waals surface area (Å²) in [6.45, 7) is 6.40. The molecule has 8 nitrogen and oxygen atoms in total. The lowest BCUT2D eigenvalue weighted by Gasteiger charge is -2.19. The summed E-state index contributed by atoms with van der Waals surface area (Å²) < 4.78 is 18.8. The Kier molecular flexibility index (Phi) is 5.23. The molecule has 2 aromatic heterocycles. The quantitative estimate of drug-likeness (QED) is 0.678. The van der Waals surface area contributed by atoms with Crippen LogP contribution < -0.4 is 14.8 Å². The van der Waals surface area contributed by atoms with Crippen LogP contribution in [0.3, 0.4) is 0 Å². The number of amides is 1. The van der Waals surface area contributed by atoms with E-state index in [1.54, 1.807) is 6.20 Å². The fourth-order valence-electron chi connectivity index (χ4n) is 4.04. The van der Waals surface area contributed by atoms with Crippen molar-refractivity contribution >= 4 is 16.9 Å². The predicted octanol–water partition coefficient (Wildman–Crippen LogP) is 3.36. The maximum Gasteiger partial charge on any atom is 0.252 e. The number of rotatable bonds is 5. The molecular weight excluding hydrogens is 396 g/mol. The zero-order valence-corrected chi connectivity index (χ0v) is 17.8. The Balaban J connectivity index is 1.55. The van der Waals surface area contributed by atoms with Crippen molar-refractivity contribution in [3.8, 4) is 22.8 Å². The van der Waals surface area contributed by atoms with Gasteiger partial charge in [0.2, 0.25) is 0 Å². The lowest BCUT2D eigenvalue weighted by molar-refractivity contribution is 0.0859. The summed E-state index contributed by atoms with van der Waals surface area (Å²) in [5.74, 6) is 1.26. The number of benzene rings is 1. The molecule has 8 heteroatoms. The van der Waals surface area contributed by atoms with Gasteiger partial charge in [0.1, 0.15) is 13.2 Å². The molecule has 1 aromatic carbocycles. The average Bonchev–Trinajstić information content (AvgIpc) is 3.46. The van der Waals surface area contributed by atoms with Crippen molar-refractivity contribution < 1.29 is 19.0 Å². The van der Waals surface area contributed by atoms with Crippen LogP contribution in [0, 0.1) is 0 Å². The predicted molar refractivity (Wildman–Crippen MR) is 116 cm³/mol. The molecule has 1 amide bonds. The fraction of sp³-hybridized carbons (Fsp3) is 0.435. The minimum Gasteiger partial charge on any atom is -0.486 e. The SMILES string of the molecule is CC(C)n1ncc2c(C(=O)NC[C@@H]3CCCO3)cc(-c3ccc4c(c3)OCCO4)nc21. The largest absolute Gasteiger partial charge is 0.486 e. The number of nitrogens with one attached hydrogen (secondary N) is 1. The van der Waals surface area contributed by atoms with Gasteiger partial charge in [0.15, 0.2) is 17.1 Å². The molecule has 1 atom stereocenters. The van der Waals surface area contributed by atoms with Gasteiger partial charge in [-0.1, -0.05) is 0 Å². The van der Waals surface area contributed by atoms with Crippen molar-refractivity contribution in [2.45, 2.75) is 38.8 Å². The number of nitrogens with zero attached hydrogens (tertiary/aromatic N) is 3. The Labute approximate surface area is 180 Å². The Bertz CT molecular complexity index is 1120. The topological polar surface area (TPSA) is 87.5 Å². The molecule has 1 saturated heterocycles. The maximum absolute atomic E-state index is 13.1. The van der Waals surface area contributed by atoms with Gasteiger partial charge >= 0.3 is 0 Å². The Morgan fingerprint density at radius 3 is 2.81 bits per heavy atom. The summed E-state index contributed by atoms with van der Waals surface area (Å²) in [7, 11) is 0. The smallest absolute Gasteiger partial charge is 0.252 e. The van der Waals surface area contributed by atoms with Crippen LogP contribution in [0.4, 0.5) is 0 Å². The van der Waals surface area contributed by atoms with E-state index < -0.39 is 0 Å². The summed E-state index contributed by atoms with van der Waals surface area (Å²) >= 11 is 0. The number of ether oxygens (including phenoxy) is 3. The van der Waals surface area contributed by atoms with Crippen LogP contribution in [-0.4, -0.2) is 53.1 Å². The van der Waals surface area contributed by atoms with Gasteiger partial charge < -0.3 is 19.5 Å². The molecule has 0 saturated carbocycles. The van der Waals surface area contributed by atoms with Gasteiger partial charge in [-0.25, -0.2) is 9.67 Å². The lowest BCUT2D eigenvalue weighted by Crippen LogP contribution is -2.31. The van der Waals surface area contributed by atoms with E-state index in [0.717, 1.165) is 36.1 Å². The van der Waals surface area contributed by atoms with Gasteiger partial charge in [-0.05, 0) is 51.0 Å². The second-order valence-electron chi connectivity index (χ2n) is 8.18. The molecule has 1 fully saturated rings. The van der Waals surface area contributed by atoms with Crippen LogP contribution in [0.2, 0.25) is 0 Å². The van der Waals surface area contributed by atoms with E-state index in [1.807, 2.05) is 42.8 Å². The van der Waals surface area contributed by atoms with Crippen LogP contribution in [0.15, 0.2) is 30.5 Å². The Morgan fingerprint density at radius 2 is 2.03 bits per heavy atom. The summed E-state index contributed by atoms with van der Waals surface area (Å²) in [6.07, 6.45) is 3.81. The van der Waals surface area contributed by atoms with Gasteiger partial charge in [0, 0.05) is 24.8 Å². The zero-order chi connectivity index (χ0) is 21.4. The molecule has 1 N–H and O–H groups in total. The standard InChI is InChI=1S/C23H26N4O4/c1-14(2)27-22-18(13-25-27)17(23(28)24-12-16-4-3-7-29-16)11-19(26-22)15-5-6-20-21(10-15)31-9-8-30-20/h5-6,10-11,13-14,16H,3-4,7-9,12H2,1-2H3,(H,24,28)/t16-/m0/s1. The minimum atomic E-state index is -0.148. The van der Waals surface area contributed by atoms with Gasteiger partial charge in [0.25, 0.3) is 5.91 Å². The van der Waals surface area contributed by atoms with Crippen molar-refractivity contribution in [1.82, 2.24) is 20.1 Å². The zero-order valence-electron chi connectivity index (χ0n) is 17.8. The summed E-state index contributed by atoms with van der Waals surface area (Å²) in [6, 6.07) is 7.67. The Morgan fingerprint density at radius 1 is 1.19 bits per heavy atom. The number of carbonyl (C=O) groups excluding carboxylic acids is 1. The van der Waals surface area contributed by atoms with Crippen LogP contribution in [0.1, 0.15) is 43.1 Å². The second-order valence-corrected chi connectivity index (χ2v) is 8.18. The van der Waals surface area contributed by atoms with E-state index >= 15 is 0 Å². The third kappa shape index (κ3) is 3.83. The van der Waals surface area contributed by atoms with Crippen molar-refractivity contribution in [3.05, 3.63) is 36.0 Å². The van der Waals surface area contributed by atoms with E-state index in [4.69, 9.17) is 19.2 Å². The number of hydrogen-bond acceptors (Lipinski definition) is 6. The first-order valence-corrected chi connectivity index (χ1v) is 10.8. The van der Waals surface area contributed by atoms with Gasteiger partial charge in [0.05, 0.1) is 28.9 Å². The Hall–Kier alpha value is -3.13. The highest BCUT2D eigenvalue weighted by Gasteiger charge is 2.22. The molecule has 162 valence electrons. The molecule has 3 aromatic rings. The van der Waals surface area contributed by atoms with Crippen LogP contribution >= 0.6 is 0 Å². The molecule has 0 unspecified atom stereocenters. The molecule has 31 heavy (non-hydrogen) atoms. The van der Waals surface area contributed by atoms with E-state index in [-0.39, 0.29) is 18.1 Å². The second kappa shape index (κ2) is 8.19. The summed E-state index contributed by atoms with van der Waals surface area (Å²) in [5, 5.41) is 8.25. The molecule has 4 heterocycles. The van der Waals surface area contributed by atoms with E-state index in [1.165, 1.54) is 0 Å². The van der Waals surface area contributed by atoms with Gasteiger partial charge in [-0.15, -0.1) is 0 Å². The van der Waals surface area contributed by atoms with Gasteiger partial charge in [-0.2, -0.15) is 5.10 Å². The van der Waals surface area contributed by atoms with Crippen molar-refractivity contribution in [2.24, 2.45) is 0 Å². The molecule has 0 bridgehead atoms. The number of fused-ring (bicyclic) bond motifs is 2. The highest BCUT2D eigenvalue weighted by Crippen LogP contribution is 2.35. The van der Waals surface area contributed by atoms with E-state index in [0.29, 0.717) is 42.4 Å². The molecule has 0 aliphatic carbocycles. The van der Waals surface area contributed by atoms with Crippen molar-refractivity contribution in [1.29, 1.82) is 0 Å². The van der Waals surface area contributed by atoms with Crippen LogP contribution in [0.5, 0.6) is 11.5 Å². The lowest BCUT2D eigenvalue weighted by atomic mass is 10.1. The highest BCUT2D eigenvalue weighted by atomic mass is 16.6. The maximum atomic E-state index is 13.1. The first-order chi connectivity index (χ1) is 15.1. The highest BCUT2D eigenvalue weighted by molar-refractivity contribution is 6.06. The molecule has 2 aliphatic rings. The number of hydrogen-bond donors (Lipinski definition) is 1. The van der Waals surface area contributed by atoms with E-state index in [9.17, 15) is 4.79 Å². The number of aromatic nitrogens is 3. The first-order valence-electron chi connectivity index (χ1n) is 10.8. The minimum absolute atomic E-state index is 0.0805. The first kappa shape index (κ1) is 19.8. The third-order valence-electron chi connectivity index (χ3n) is 5.65. The van der Waals surface area contributed by atoms with Gasteiger partial charge in [-0.3, -0.25) is 4.79 Å². The summed E-state index contributed by atoms with van der Waals surface area (Å²) in [4.78, 5) is 18.0. The summed E-state index contributed by atoms with van der Waals surface area (Å²) in [5.41, 5.74) is 2.79. The molecular formula is C23H26N4O4. The van der Waals surface area contributed by atoms with Crippen LogP contribution in [0.25, 0.3) is 22.3 Å². The van der Waals surface area contributed by atoms with E-state index in [2.05, 4.69) is 10.4 Å². The van der Waals surface area contributed by atoms with Crippen molar-refractivity contribution in [2.75, 3.05) is 26.4 Å². The third-order valence-corrected chi connectivity index (χ3v) is 5.65. The molecule has 0 radical (unpaired) electrons. The normalized spacial score (nSPS) is 18.0. The van der Waals surface area contributed by atoms with Crippen molar-refractivity contribution in [3.63, 3.8) is 0 Å². The number of carbonyl (C=O) groups is 1.